The van der Waals surface area contributed by atoms with E-state index in [0.29, 0.717) is 12.8 Å². The fraction of sp³-hybridized carbons (Fsp3) is 0.769. The fourth-order valence-electron chi connectivity index (χ4n) is 1.57. The Labute approximate surface area is 119 Å². The Hall–Kier alpha value is -1.79. The lowest BCUT2D eigenvalue weighted by atomic mass is 10.1. The Balaban J connectivity index is 3.97. The minimum Gasteiger partial charge on any atom is -0.481 e. The highest BCUT2D eigenvalue weighted by atomic mass is 16.4. The molecule has 0 aromatic rings. The van der Waals surface area contributed by atoms with E-state index >= 15 is 0 Å². The van der Waals surface area contributed by atoms with E-state index in [1.54, 1.807) is 13.8 Å². The van der Waals surface area contributed by atoms with Crippen LogP contribution in [0.5, 0.6) is 0 Å². The number of carbonyl (C=O) groups is 3. The SMILES string of the molecule is CC(C)NC(=O)C(C)NC(=O)NC(C)CCCC(=O)O. The first-order valence-electron chi connectivity index (χ1n) is 6.81. The Bertz CT molecular complexity index is 345. The Morgan fingerprint density at radius 3 is 2.10 bits per heavy atom. The van der Waals surface area contributed by atoms with Crippen molar-refractivity contribution in [1.29, 1.82) is 0 Å². The maximum atomic E-state index is 11.6. The van der Waals surface area contributed by atoms with Gasteiger partial charge in [-0.15, -0.1) is 0 Å². The van der Waals surface area contributed by atoms with Gasteiger partial charge in [-0.3, -0.25) is 9.59 Å². The molecule has 2 atom stereocenters. The van der Waals surface area contributed by atoms with Gasteiger partial charge in [-0.1, -0.05) is 0 Å². The van der Waals surface area contributed by atoms with Crippen LogP contribution in [0.4, 0.5) is 4.79 Å². The number of carbonyl (C=O) groups excluding carboxylic acids is 2. The maximum Gasteiger partial charge on any atom is 0.315 e. The number of hydrogen-bond acceptors (Lipinski definition) is 3. The maximum absolute atomic E-state index is 11.6. The van der Waals surface area contributed by atoms with Gasteiger partial charge in [0.2, 0.25) is 5.91 Å². The van der Waals surface area contributed by atoms with Crippen LogP contribution in [0.15, 0.2) is 0 Å². The van der Waals surface area contributed by atoms with Gasteiger partial charge in [-0.05, 0) is 40.5 Å². The molecule has 0 saturated carbocycles. The zero-order valence-electron chi connectivity index (χ0n) is 12.5. The van der Waals surface area contributed by atoms with Gasteiger partial charge >= 0.3 is 12.0 Å². The summed E-state index contributed by atoms with van der Waals surface area (Å²) in [5, 5.41) is 16.4. The molecule has 0 aliphatic carbocycles. The number of carboxylic acid groups (broad SMARTS) is 1. The van der Waals surface area contributed by atoms with Crippen molar-refractivity contribution >= 4 is 17.9 Å². The first kappa shape index (κ1) is 18.2. The fourth-order valence-corrected chi connectivity index (χ4v) is 1.57. The Kier molecular flexibility index (Phi) is 8.35. The van der Waals surface area contributed by atoms with Gasteiger partial charge in [0.05, 0.1) is 0 Å². The smallest absolute Gasteiger partial charge is 0.315 e. The number of nitrogens with one attached hydrogen (secondary N) is 3. The third-order valence-electron chi connectivity index (χ3n) is 2.58. The molecule has 3 amide bonds. The summed E-state index contributed by atoms with van der Waals surface area (Å²) in [5.41, 5.74) is 0. The molecule has 20 heavy (non-hydrogen) atoms. The van der Waals surface area contributed by atoms with Gasteiger partial charge < -0.3 is 21.1 Å². The van der Waals surface area contributed by atoms with Gasteiger partial charge in [0, 0.05) is 18.5 Å². The molecule has 0 aliphatic heterocycles. The van der Waals surface area contributed by atoms with Crippen LogP contribution in [0.3, 0.4) is 0 Å². The molecule has 7 heteroatoms. The van der Waals surface area contributed by atoms with Crippen molar-refractivity contribution in [2.45, 2.75) is 65.1 Å². The summed E-state index contributed by atoms with van der Waals surface area (Å²) in [7, 11) is 0. The molecule has 0 fully saturated rings. The highest BCUT2D eigenvalue weighted by Crippen LogP contribution is 2.00. The van der Waals surface area contributed by atoms with Crippen LogP contribution < -0.4 is 16.0 Å². The Morgan fingerprint density at radius 1 is 1.00 bits per heavy atom. The normalized spacial score (nSPS) is 13.4. The molecule has 0 spiro atoms. The molecule has 7 nitrogen and oxygen atoms in total. The van der Waals surface area contributed by atoms with Crippen molar-refractivity contribution in [3.05, 3.63) is 0 Å². The summed E-state index contributed by atoms with van der Waals surface area (Å²) in [6, 6.07) is -1.18. The lowest BCUT2D eigenvalue weighted by Gasteiger charge is -2.18. The van der Waals surface area contributed by atoms with Crippen molar-refractivity contribution < 1.29 is 19.5 Å². The van der Waals surface area contributed by atoms with E-state index in [-0.39, 0.29) is 24.4 Å². The van der Waals surface area contributed by atoms with Crippen LogP contribution in [0.2, 0.25) is 0 Å². The molecule has 0 aromatic carbocycles. The first-order chi connectivity index (χ1) is 9.22. The second-order valence-electron chi connectivity index (χ2n) is 5.19. The van der Waals surface area contributed by atoms with E-state index in [2.05, 4.69) is 16.0 Å². The molecule has 0 rings (SSSR count). The minimum absolute atomic E-state index is 0.0183. The number of hydrogen-bond donors (Lipinski definition) is 4. The Morgan fingerprint density at radius 2 is 1.60 bits per heavy atom. The summed E-state index contributed by atoms with van der Waals surface area (Å²) in [5.74, 6) is -1.09. The highest BCUT2D eigenvalue weighted by Gasteiger charge is 2.17. The van der Waals surface area contributed by atoms with Crippen LogP contribution in [0, 0.1) is 0 Å². The standard InChI is InChI=1S/C13H25N3O4/c1-8(2)14-12(19)10(4)16-13(20)15-9(3)6-5-7-11(17)18/h8-10H,5-7H2,1-4H3,(H,14,19)(H,17,18)(H2,15,16,20). The average Bonchev–Trinajstić information content (AvgIpc) is 2.26. The van der Waals surface area contributed by atoms with Crippen molar-refractivity contribution in [3.8, 4) is 0 Å². The van der Waals surface area contributed by atoms with Crippen molar-refractivity contribution in [1.82, 2.24) is 16.0 Å². The third-order valence-corrected chi connectivity index (χ3v) is 2.58. The molecule has 0 aromatic heterocycles. The van der Waals surface area contributed by atoms with E-state index in [1.807, 2.05) is 13.8 Å². The topological polar surface area (TPSA) is 108 Å². The summed E-state index contributed by atoms with van der Waals surface area (Å²) in [4.78, 5) is 33.6. The summed E-state index contributed by atoms with van der Waals surface area (Å²) >= 11 is 0. The number of urea groups is 1. The van der Waals surface area contributed by atoms with Crippen molar-refractivity contribution in [2.24, 2.45) is 0 Å². The van der Waals surface area contributed by atoms with Crippen LogP contribution >= 0.6 is 0 Å². The first-order valence-corrected chi connectivity index (χ1v) is 6.81. The van der Waals surface area contributed by atoms with Crippen LogP contribution in [-0.4, -0.2) is 41.1 Å². The monoisotopic (exact) mass is 287 g/mol. The molecule has 116 valence electrons. The molecule has 4 N–H and O–H groups in total. The average molecular weight is 287 g/mol. The molecule has 0 aliphatic rings. The van der Waals surface area contributed by atoms with Gasteiger partial charge in [0.1, 0.15) is 6.04 Å². The largest absolute Gasteiger partial charge is 0.481 e. The van der Waals surface area contributed by atoms with Gasteiger partial charge in [0.25, 0.3) is 0 Å². The highest BCUT2D eigenvalue weighted by molar-refractivity contribution is 5.86. The van der Waals surface area contributed by atoms with Crippen molar-refractivity contribution in [3.63, 3.8) is 0 Å². The van der Waals surface area contributed by atoms with E-state index in [9.17, 15) is 14.4 Å². The summed E-state index contributed by atoms with van der Waals surface area (Å²) in [6.07, 6.45) is 1.16. The molecular weight excluding hydrogens is 262 g/mol. The second-order valence-corrected chi connectivity index (χ2v) is 5.19. The quantitative estimate of drug-likeness (QED) is 0.530. The molecule has 0 saturated heterocycles. The minimum atomic E-state index is -0.847. The lowest BCUT2D eigenvalue weighted by molar-refractivity contribution is -0.137. The summed E-state index contributed by atoms with van der Waals surface area (Å²) in [6.45, 7) is 7.08. The van der Waals surface area contributed by atoms with E-state index in [0.717, 1.165) is 0 Å². The summed E-state index contributed by atoms with van der Waals surface area (Å²) < 4.78 is 0. The molecule has 0 heterocycles. The number of rotatable bonds is 8. The number of carboxylic acids is 1. The van der Waals surface area contributed by atoms with Gasteiger partial charge in [0.15, 0.2) is 0 Å². The second kappa shape index (κ2) is 9.17. The zero-order chi connectivity index (χ0) is 15.7. The predicted octanol–water partition coefficient (Wildman–Crippen LogP) is 0.842. The van der Waals surface area contributed by atoms with Crippen LogP contribution in [0.25, 0.3) is 0 Å². The molecule has 0 radical (unpaired) electrons. The zero-order valence-corrected chi connectivity index (χ0v) is 12.5. The number of aliphatic carboxylic acids is 1. The molecule has 0 bridgehead atoms. The molecule has 2 unspecified atom stereocenters. The van der Waals surface area contributed by atoms with Crippen LogP contribution in [-0.2, 0) is 9.59 Å². The third kappa shape index (κ3) is 9.18. The van der Waals surface area contributed by atoms with E-state index < -0.39 is 18.0 Å². The van der Waals surface area contributed by atoms with Gasteiger partial charge in [-0.2, -0.15) is 0 Å². The molecular formula is C13H25N3O4. The van der Waals surface area contributed by atoms with E-state index in [1.165, 1.54) is 0 Å². The lowest BCUT2D eigenvalue weighted by Crippen LogP contribution is -2.51. The predicted molar refractivity (Wildman–Crippen MR) is 75.4 cm³/mol. The van der Waals surface area contributed by atoms with E-state index in [4.69, 9.17) is 5.11 Å². The van der Waals surface area contributed by atoms with Crippen LogP contribution in [0.1, 0.15) is 47.0 Å². The van der Waals surface area contributed by atoms with Gasteiger partial charge in [-0.25, -0.2) is 4.79 Å². The van der Waals surface area contributed by atoms with Crippen molar-refractivity contribution in [2.75, 3.05) is 0 Å². The number of amides is 3.